The quantitative estimate of drug-likeness (QED) is 0.387. The molecule has 5 nitrogen and oxygen atoms in total. The van der Waals surface area contributed by atoms with E-state index in [9.17, 15) is 0 Å². The molecule has 1 unspecified atom stereocenters. The van der Waals surface area contributed by atoms with E-state index in [1.807, 2.05) is 7.05 Å². The van der Waals surface area contributed by atoms with Crippen LogP contribution in [0.4, 0.5) is 0 Å². The van der Waals surface area contributed by atoms with E-state index >= 15 is 0 Å². The lowest BCUT2D eigenvalue weighted by Gasteiger charge is -2.35. The smallest absolute Gasteiger partial charge is 0.191 e. The number of halogens is 1. The second-order valence-corrected chi connectivity index (χ2v) is 7.71. The molecule has 0 spiro atoms. The lowest BCUT2D eigenvalue weighted by molar-refractivity contribution is 0.164. The molecule has 1 saturated heterocycles. The Morgan fingerprint density at radius 2 is 1.77 bits per heavy atom. The Balaban J connectivity index is 0.00000338. The van der Waals surface area contributed by atoms with Gasteiger partial charge in [0.25, 0.3) is 0 Å². The first-order valence-corrected chi connectivity index (χ1v) is 9.30. The topological polar surface area (TPSA) is 48.9 Å². The summed E-state index contributed by atoms with van der Waals surface area (Å²) in [7, 11) is 3.53. The van der Waals surface area contributed by atoms with Gasteiger partial charge in [-0.1, -0.05) is 18.6 Å². The van der Waals surface area contributed by atoms with Crippen molar-refractivity contribution in [3.8, 4) is 5.75 Å². The predicted octanol–water partition coefficient (Wildman–Crippen LogP) is 3.80. The Hall–Kier alpha value is -1.02. The van der Waals surface area contributed by atoms with Crippen molar-refractivity contribution >= 4 is 29.9 Å². The molecule has 1 aliphatic rings. The molecule has 1 aromatic carbocycles. The molecular weight excluding hydrogens is 439 g/mol. The average Bonchev–Trinajstić information content (AvgIpc) is 2.61. The Labute approximate surface area is 176 Å². The van der Waals surface area contributed by atoms with Crippen LogP contribution in [0.25, 0.3) is 0 Å². The number of nitrogens with zero attached hydrogens (tertiary/aromatic N) is 2. The Morgan fingerprint density at radius 3 is 2.27 bits per heavy atom. The van der Waals surface area contributed by atoms with Crippen LogP contribution in [0.3, 0.4) is 0 Å². The van der Waals surface area contributed by atoms with Crippen LogP contribution in [0.2, 0.25) is 0 Å². The van der Waals surface area contributed by atoms with Crippen LogP contribution in [0.15, 0.2) is 29.3 Å². The lowest BCUT2D eigenvalue weighted by Crippen LogP contribution is -2.50. The van der Waals surface area contributed by atoms with E-state index < -0.39 is 0 Å². The van der Waals surface area contributed by atoms with Gasteiger partial charge in [-0.25, -0.2) is 0 Å². The fourth-order valence-electron chi connectivity index (χ4n) is 3.24. The highest BCUT2D eigenvalue weighted by molar-refractivity contribution is 14.0. The summed E-state index contributed by atoms with van der Waals surface area (Å²) in [5.41, 5.74) is 1.31. The summed E-state index contributed by atoms with van der Waals surface area (Å²) in [6.45, 7) is 9.58. The molecule has 26 heavy (non-hydrogen) atoms. The molecule has 0 saturated carbocycles. The molecule has 1 heterocycles. The van der Waals surface area contributed by atoms with Crippen LogP contribution < -0.4 is 15.4 Å². The van der Waals surface area contributed by atoms with Gasteiger partial charge in [-0.3, -0.25) is 9.89 Å². The second kappa shape index (κ2) is 11.0. The van der Waals surface area contributed by atoms with E-state index in [0.29, 0.717) is 6.04 Å². The molecule has 0 aliphatic carbocycles. The molecule has 1 atom stereocenters. The number of hydrogen-bond acceptors (Lipinski definition) is 3. The second-order valence-electron chi connectivity index (χ2n) is 7.71. The van der Waals surface area contributed by atoms with Gasteiger partial charge in [-0.15, -0.1) is 24.0 Å². The normalized spacial score (nSPS) is 17.2. The van der Waals surface area contributed by atoms with Crippen molar-refractivity contribution in [2.24, 2.45) is 4.99 Å². The summed E-state index contributed by atoms with van der Waals surface area (Å²) in [5, 5.41) is 6.95. The van der Waals surface area contributed by atoms with Crippen molar-refractivity contribution < 1.29 is 4.74 Å². The minimum atomic E-state index is -0.0113. The summed E-state index contributed by atoms with van der Waals surface area (Å²) in [4.78, 5) is 6.95. The number of piperidine rings is 1. The highest BCUT2D eigenvalue weighted by Crippen LogP contribution is 2.25. The standard InChI is InChI=1S/C20H34N4O.HI/c1-20(2,3)23-19(21-4)22-15-18(24-13-7-6-8-14-24)16-9-11-17(25-5)12-10-16;/h9-12,18H,6-8,13-15H2,1-5H3,(H2,21,22,23);1H. The van der Waals surface area contributed by atoms with Crippen LogP contribution in [0, 0.1) is 0 Å². The number of hydrogen-bond donors (Lipinski definition) is 2. The minimum absolute atomic E-state index is 0. The molecule has 1 fully saturated rings. The van der Waals surface area contributed by atoms with Crippen LogP contribution in [-0.2, 0) is 0 Å². The van der Waals surface area contributed by atoms with Gasteiger partial charge >= 0.3 is 0 Å². The number of methoxy groups -OCH3 is 1. The monoisotopic (exact) mass is 474 g/mol. The van der Waals surface area contributed by atoms with Gasteiger partial charge in [0.15, 0.2) is 5.96 Å². The van der Waals surface area contributed by atoms with E-state index in [0.717, 1.165) is 31.3 Å². The van der Waals surface area contributed by atoms with Gasteiger partial charge in [0.2, 0.25) is 0 Å². The summed E-state index contributed by atoms with van der Waals surface area (Å²) in [5.74, 6) is 1.75. The largest absolute Gasteiger partial charge is 0.497 e. The minimum Gasteiger partial charge on any atom is -0.497 e. The zero-order chi connectivity index (χ0) is 18.3. The Kier molecular flexibility index (Phi) is 9.71. The summed E-state index contributed by atoms with van der Waals surface area (Å²) in [6, 6.07) is 8.80. The van der Waals surface area contributed by atoms with Crippen LogP contribution in [-0.4, -0.2) is 50.2 Å². The van der Waals surface area contributed by atoms with Crippen LogP contribution in [0.5, 0.6) is 5.75 Å². The number of nitrogens with one attached hydrogen (secondary N) is 2. The molecule has 2 rings (SSSR count). The van der Waals surface area contributed by atoms with E-state index in [1.54, 1.807) is 7.11 Å². The SMILES string of the molecule is CN=C(NCC(c1ccc(OC)cc1)N1CCCCC1)NC(C)(C)C.I. The number of rotatable bonds is 5. The van der Waals surface area contributed by atoms with Crippen molar-refractivity contribution in [3.05, 3.63) is 29.8 Å². The average molecular weight is 474 g/mol. The van der Waals surface area contributed by atoms with Gasteiger partial charge < -0.3 is 15.4 Å². The van der Waals surface area contributed by atoms with E-state index in [4.69, 9.17) is 4.74 Å². The predicted molar refractivity (Wildman–Crippen MR) is 121 cm³/mol. The van der Waals surface area contributed by atoms with E-state index in [-0.39, 0.29) is 29.5 Å². The van der Waals surface area contributed by atoms with E-state index in [2.05, 4.69) is 65.6 Å². The molecule has 0 amide bonds. The first-order valence-electron chi connectivity index (χ1n) is 9.30. The maximum Gasteiger partial charge on any atom is 0.191 e. The molecular formula is C20H35IN4O. The number of ether oxygens (including phenoxy) is 1. The lowest BCUT2D eigenvalue weighted by atomic mass is 10.0. The Morgan fingerprint density at radius 1 is 1.15 bits per heavy atom. The number of aliphatic imine (C=N–C) groups is 1. The van der Waals surface area contributed by atoms with Crippen LogP contribution >= 0.6 is 24.0 Å². The maximum absolute atomic E-state index is 5.31. The number of benzene rings is 1. The van der Waals surface area contributed by atoms with Gasteiger partial charge in [0.1, 0.15) is 5.75 Å². The molecule has 1 aromatic rings. The highest BCUT2D eigenvalue weighted by Gasteiger charge is 2.23. The van der Waals surface area contributed by atoms with Crippen molar-refractivity contribution in [1.29, 1.82) is 0 Å². The van der Waals surface area contributed by atoms with Crippen LogP contribution in [0.1, 0.15) is 51.6 Å². The van der Waals surface area contributed by atoms with Crippen molar-refractivity contribution in [3.63, 3.8) is 0 Å². The van der Waals surface area contributed by atoms with E-state index in [1.165, 1.54) is 24.8 Å². The first-order chi connectivity index (χ1) is 11.9. The zero-order valence-corrected chi connectivity index (χ0v) is 19.2. The highest BCUT2D eigenvalue weighted by atomic mass is 127. The fourth-order valence-corrected chi connectivity index (χ4v) is 3.24. The summed E-state index contributed by atoms with van der Waals surface area (Å²) < 4.78 is 5.31. The van der Waals surface area contributed by atoms with Gasteiger partial charge in [-0.2, -0.15) is 0 Å². The fraction of sp³-hybridized carbons (Fsp3) is 0.650. The number of guanidine groups is 1. The summed E-state index contributed by atoms with van der Waals surface area (Å²) >= 11 is 0. The third kappa shape index (κ3) is 7.31. The van der Waals surface area contributed by atoms with Crippen molar-refractivity contribution in [1.82, 2.24) is 15.5 Å². The first kappa shape index (κ1) is 23.0. The zero-order valence-electron chi connectivity index (χ0n) is 16.8. The maximum atomic E-state index is 5.31. The van der Waals surface area contributed by atoms with Crippen molar-refractivity contribution in [2.75, 3.05) is 33.8 Å². The molecule has 0 radical (unpaired) electrons. The third-order valence-electron chi connectivity index (χ3n) is 4.51. The van der Waals surface area contributed by atoms with Gasteiger partial charge in [0.05, 0.1) is 13.2 Å². The Bertz CT molecular complexity index is 548. The van der Waals surface area contributed by atoms with Gasteiger partial charge in [0, 0.05) is 19.1 Å². The molecule has 6 heteroatoms. The molecule has 148 valence electrons. The molecule has 2 N–H and O–H groups in total. The molecule has 0 aromatic heterocycles. The molecule has 1 aliphatic heterocycles. The summed E-state index contributed by atoms with van der Waals surface area (Å²) in [6.07, 6.45) is 3.90. The molecule has 0 bridgehead atoms. The number of likely N-dealkylation sites (tertiary alicyclic amines) is 1. The van der Waals surface area contributed by atoms with Crippen molar-refractivity contribution in [2.45, 2.75) is 51.6 Å². The third-order valence-corrected chi connectivity index (χ3v) is 4.51. The van der Waals surface area contributed by atoms with Gasteiger partial charge in [-0.05, 0) is 64.4 Å².